The SMILES string of the molecule is CCOC(=O)C(C(=O)OCC)C1=CC(NCCCCCCNC2=CCCC(C(C(=O)OCC)C(=O)OCC)=C2)=CCC1. The highest BCUT2D eigenvalue weighted by atomic mass is 16.6. The molecule has 0 radical (unpaired) electrons. The van der Waals surface area contributed by atoms with E-state index in [1.807, 2.05) is 12.2 Å². The van der Waals surface area contributed by atoms with Crippen LogP contribution in [0.4, 0.5) is 0 Å². The average Bonchev–Trinajstić information content (AvgIpc) is 2.96. The lowest BCUT2D eigenvalue weighted by Gasteiger charge is -2.21. The number of hydrogen-bond acceptors (Lipinski definition) is 10. The normalized spacial score (nSPS) is 14.7. The Bertz CT molecular complexity index is 925. The highest BCUT2D eigenvalue weighted by Crippen LogP contribution is 2.27. The second kappa shape index (κ2) is 19.5. The fraction of sp³-hybridized carbons (Fsp3) is 0.625. The number of ether oxygens (including phenoxy) is 4. The summed E-state index contributed by atoms with van der Waals surface area (Å²) in [5, 5.41) is 6.83. The van der Waals surface area contributed by atoms with E-state index in [9.17, 15) is 19.2 Å². The first-order chi connectivity index (χ1) is 20.4. The number of carbonyl (C=O) groups is 4. The monoisotopic (exact) mass is 588 g/mol. The van der Waals surface area contributed by atoms with E-state index in [0.29, 0.717) is 24.0 Å². The van der Waals surface area contributed by atoms with Crippen molar-refractivity contribution in [2.45, 2.75) is 79.1 Å². The molecular weight excluding hydrogens is 540 g/mol. The number of rotatable bonds is 19. The highest BCUT2D eigenvalue weighted by molar-refractivity contribution is 5.99. The Morgan fingerprint density at radius 3 is 1.24 bits per heavy atom. The van der Waals surface area contributed by atoms with Crippen molar-refractivity contribution in [1.82, 2.24) is 10.6 Å². The summed E-state index contributed by atoms with van der Waals surface area (Å²) >= 11 is 0. The number of nitrogens with one attached hydrogen (secondary N) is 2. The number of unbranched alkanes of at least 4 members (excludes halogenated alkanes) is 3. The van der Waals surface area contributed by atoms with Crippen molar-refractivity contribution in [2.75, 3.05) is 39.5 Å². The fourth-order valence-corrected chi connectivity index (χ4v) is 4.92. The summed E-state index contributed by atoms with van der Waals surface area (Å²) in [7, 11) is 0. The molecule has 2 aliphatic rings. The zero-order valence-corrected chi connectivity index (χ0v) is 25.6. The van der Waals surface area contributed by atoms with Crippen LogP contribution in [0.15, 0.2) is 46.8 Å². The summed E-state index contributed by atoms with van der Waals surface area (Å²) in [5.41, 5.74) is 3.25. The second-order valence-corrected chi connectivity index (χ2v) is 9.98. The molecule has 0 aromatic rings. The van der Waals surface area contributed by atoms with Gasteiger partial charge in [0, 0.05) is 24.5 Å². The Balaban J connectivity index is 1.76. The predicted molar refractivity (Wildman–Crippen MR) is 159 cm³/mol. The molecule has 0 aromatic carbocycles. The van der Waals surface area contributed by atoms with E-state index in [4.69, 9.17) is 18.9 Å². The maximum atomic E-state index is 12.4. The summed E-state index contributed by atoms with van der Waals surface area (Å²) in [6.07, 6.45) is 14.6. The highest BCUT2D eigenvalue weighted by Gasteiger charge is 2.34. The molecule has 10 nitrogen and oxygen atoms in total. The predicted octanol–water partition coefficient (Wildman–Crippen LogP) is 4.42. The molecule has 0 aliphatic heterocycles. The molecule has 10 heteroatoms. The first-order valence-corrected chi connectivity index (χ1v) is 15.3. The first kappa shape index (κ1) is 34.6. The van der Waals surface area contributed by atoms with E-state index in [0.717, 1.165) is 63.0 Å². The Kier molecular flexibility index (Phi) is 16.1. The molecule has 0 aromatic heterocycles. The van der Waals surface area contributed by atoms with Gasteiger partial charge in [-0.1, -0.05) is 25.0 Å². The smallest absolute Gasteiger partial charge is 0.324 e. The second-order valence-electron chi connectivity index (χ2n) is 9.98. The molecule has 0 atom stereocenters. The number of esters is 4. The molecule has 0 spiro atoms. The zero-order valence-electron chi connectivity index (χ0n) is 25.6. The first-order valence-electron chi connectivity index (χ1n) is 15.3. The van der Waals surface area contributed by atoms with Gasteiger partial charge in [0.2, 0.25) is 0 Å². The molecule has 0 bridgehead atoms. The third-order valence-electron chi connectivity index (χ3n) is 6.87. The summed E-state index contributed by atoms with van der Waals surface area (Å²) in [6, 6.07) is 0. The van der Waals surface area contributed by atoms with Crippen molar-refractivity contribution in [3.63, 3.8) is 0 Å². The molecule has 2 N–H and O–H groups in total. The third kappa shape index (κ3) is 11.4. The topological polar surface area (TPSA) is 129 Å². The van der Waals surface area contributed by atoms with Crippen LogP contribution < -0.4 is 10.6 Å². The van der Waals surface area contributed by atoms with E-state index in [1.165, 1.54) is 0 Å². The molecule has 0 fully saturated rings. The van der Waals surface area contributed by atoms with E-state index >= 15 is 0 Å². The maximum Gasteiger partial charge on any atom is 0.324 e. The van der Waals surface area contributed by atoms with Crippen LogP contribution in [0.1, 0.15) is 79.1 Å². The quantitative estimate of drug-likeness (QED) is 0.0968. The molecule has 42 heavy (non-hydrogen) atoms. The van der Waals surface area contributed by atoms with Gasteiger partial charge in [-0.3, -0.25) is 19.2 Å². The van der Waals surface area contributed by atoms with Crippen LogP contribution in [0.5, 0.6) is 0 Å². The zero-order chi connectivity index (χ0) is 30.7. The van der Waals surface area contributed by atoms with Gasteiger partial charge in [0.25, 0.3) is 0 Å². The number of allylic oxidation sites excluding steroid dienone is 4. The van der Waals surface area contributed by atoms with Crippen LogP contribution in [0, 0.1) is 11.8 Å². The van der Waals surface area contributed by atoms with Crippen LogP contribution in [0.25, 0.3) is 0 Å². The van der Waals surface area contributed by atoms with Crippen molar-refractivity contribution < 1.29 is 38.1 Å². The number of carbonyl (C=O) groups excluding carboxylic acids is 4. The Labute approximate surface area is 249 Å². The lowest BCUT2D eigenvalue weighted by atomic mass is 9.90. The molecule has 0 heterocycles. The van der Waals surface area contributed by atoms with Crippen molar-refractivity contribution in [3.8, 4) is 0 Å². The van der Waals surface area contributed by atoms with Gasteiger partial charge in [0.15, 0.2) is 11.8 Å². The van der Waals surface area contributed by atoms with Gasteiger partial charge in [0.1, 0.15) is 0 Å². The lowest BCUT2D eigenvalue weighted by Crippen LogP contribution is -2.31. The van der Waals surface area contributed by atoms with Crippen LogP contribution in [0.2, 0.25) is 0 Å². The van der Waals surface area contributed by atoms with Crippen LogP contribution in [-0.2, 0) is 38.1 Å². The van der Waals surface area contributed by atoms with Crippen LogP contribution in [-0.4, -0.2) is 63.4 Å². The van der Waals surface area contributed by atoms with Gasteiger partial charge in [0.05, 0.1) is 26.4 Å². The third-order valence-corrected chi connectivity index (χ3v) is 6.87. The summed E-state index contributed by atoms with van der Waals surface area (Å²) in [6.45, 7) is 9.27. The standard InChI is InChI=1S/C32H48N2O8/c1-5-39-29(35)27(30(36)40-6-2)23-15-13-17-25(21-23)33-19-11-9-10-12-20-34-26-18-14-16-24(22-26)28(31(37)41-7-3)32(38)42-8-4/h17-18,21-22,27-28,33-34H,5-16,19-20H2,1-4H3. The molecule has 0 amide bonds. The molecule has 234 valence electrons. The van der Waals surface area contributed by atoms with E-state index in [2.05, 4.69) is 22.8 Å². The molecule has 0 unspecified atom stereocenters. The molecule has 2 aliphatic carbocycles. The average molecular weight is 589 g/mol. The Hall–Kier alpha value is -3.56. The molecular formula is C32H48N2O8. The lowest BCUT2D eigenvalue weighted by molar-refractivity contribution is -0.161. The van der Waals surface area contributed by atoms with Gasteiger partial charge >= 0.3 is 23.9 Å². The van der Waals surface area contributed by atoms with E-state index in [-0.39, 0.29) is 26.4 Å². The maximum absolute atomic E-state index is 12.4. The molecule has 0 saturated heterocycles. The van der Waals surface area contributed by atoms with Crippen molar-refractivity contribution in [1.29, 1.82) is 0 Å². The minimum atomic E-state index is -1.02. The Morgan fingerprint density at radius 1 is 0.595 bits per heavy atom. The van der Waals surface area contributed by atoms with Crippen LogP contribution >= 0.6 is 0 Å². The van der Waals surface area contributed by atoms with Gasteiger partial charge in [-0.25, -0.2) is 0 Å². The van der Waals surface area contributed by atoms with Crippen molar-refractivity contribution >= 4 is 23.9 Å². The molecule has 0 saturated carbocycles. The van der Waals surface area contributed by atoms with Gasteiger partial charge in [-0.15, -0.1) is 0 Å². The van der Waals surface area contributed by atoms with Crippen molar-refractivity contribution in [2.24, 2.45) is 11.8 Å². The van der Waals surface area contributed by atoms with E-state index in [1.54, 1.807) is 27.7 Å². The summed E-state index contributed by atoms with van der Waals surface area (Å²) < 4.78 is 20.5. The van der Waals surface area contributed by atoms with Crippen molar-refractivity contribution in [3.05, 3.63) is 46.8 Å². The van der Waals surface area contributed by atoms with Crippen LogP contribution in [0.3, 0.4) is 0 Å². The summed E-state index contributed by atoms with van der Waals surface area (Å²) in [4.78, 5) is 49.8. The fourth-order valence-electron chi connectivity index (χ4n) is 4.92. The number of hydrogen-bond donors (Lipinski definition) is 2. The summed E-state index contributed by atoms with van der Waals surface area (Å²) in [5.74, 6) is -4.30. The Morgan fingerprint density at radius 2 is 0.929 bits per heavy atom. The van der Waals surface area contributed by atoms with E-state index < -0.39 is 35.7 Å². The largest absolute Gasteiger partial charge is 0.465 e. The van der Waals surface area contributed by atoms with Gasteiger partial charge in [-0.2, -0.15) is 0 Å². The van der Waals surface area contributed by atoms with Gasteiger partial charge < -0.3 is 29.6 Å². The minimum Gasteiger partial charge on any atom is -0.465 e. The minimum absolute atomic E-state index is 0.208. The molecule has 2 rings (SSSR count). The van der Waals surface area contributed by atoms with Gasteiger partial charge in [-0.05, 0) is 89.5 Å².